The minimum absolute atomic E-state index is 0.0769. The van der Waals surface area contributed by atoms with Gasteiger partial charge in [0.05, 0.1) is 6.04 Å². The molecule has 18 heavy (non-hydrogen) atoms. The summed E-state index contributed by atoms with van der Waals surface area (Å²) in [6.45, 7) is 5.33. The van der Waals surface area contributed by atoms with Gasteiger partial charge in [-0.05, 0) is 37.3 Å². The standard InChI is InChI=1S/C13H17N3S2/c1-8(14)12-7-15-13(18-12)16-5-3-11-10(9(16)2)4-6-17-11/h4,6-9H,3,5,14H2,1-2H3. The summed E-state index contributed by atoms with van der Waals surface area (Å²) >= 11 is 3.59. The molecule has 1 aliphatic rings. The smallest absolute Gasteiger partial charge is 0.186 e. The van der Waals surface area contributed by atoms with E-state index in [1.807, 2.05) is 24.5 Å². The summed E-state index contributed by atoms with van der Waals surface area (Å²) in [5, 5.41) is 3.30. The SMILES string of the molecule is CC(N)c1cnc(N2CCc3sccc3C2C)s1. The summed E-state index contributed by atoms with van der Waals surface area (Å²) in [6, 6.07) is 2.75. The van der Waals surface area contributed by atoms with E-state index in [4.69, 9.17) is 5.73 Å². The number of nitrogens with two attached hydrogens (primary N) is 1. The molecule has 1 aliphatic heterocycles. The predicted molar refractivity (Wildman–Crippen MR) is 78.5 cm³/mol. The molecule has 0 aliphatic carbocycles. The third-order valence-corrected chi connectivity index (χ3v) is 5.71. The van der Waals surface area contributed by atoms with Crippen molar-refractivity contribution in [2.45, 2.75) is 32.4 Å². The maximum Gasteiger partial charge on any atom is 0.186 e. The normalized spacial score (nSPS) is 20.8. The Labute approximate surface area is 115 Å². The Morgan fingerprint density at radius 3 is 3.11 bits per heavy atom. The first-order valence-corrected chi connectivity index (χ1v) is 7.90. The number of hydrogen-bond acceptors (Lipinski definition) is 5. The summed E-state index contributed by atoms with van der Waals surface area (Å²) < 4.78 is 0. The second-order valence-electron chi connectivity index (χ2n) is 4.75. The van der Waals surface area contributed by atoms with Gasteiger partial charge in [0, 0.05) is 28.5 Å². The molecular weight excluding hydrogens is 262 g/mol. The van der Waals surface area contributed by atoms with Crippen molar-refractivity contribution in [3.05, 3.63) is 33.0 Å². The fraction of sp³-hybridized carbons (Fsp3) is 0.462. The van der Waals surface area contributed by atoms with E-state index in [1.165, 1.54) is 10.4 Å². The lowest BCUT2D eigenvalue weighted by Crippen LogP contribution is -2.32. The van der Waals surface area contributed by atoms with Crippen LogP contribution in [-0.2, 0) is 6.42 Å². The van der Waals surface area contributed by atoms with E-state index in [0.717, 1.165) is 23.0 Å². The average molecular weight is 279 g/mol. The maximum atomic E-state index is 5.90. The highest BCUT2D eigenvalue weighted by Gasteiger charge is 2.26. The van der Waals surface area contributed by atoms with Crippen LogP contribution in [0.5, 0.6) is 0 Å². The molecule has 0 radical (unpaired) electrons. The van der Waals surface area contributed by atoms with Crippen LogP contribution in [0.3, 0.4) is 0 Å². The van der Waals surface area contributed by atoms with Crippen molar-refractivity contribution in [1.29, 1.82) is 0 Å². The molecule has 3 nitrogen and oxygen atoms in total. The highest BCUT2D eigenvalue weighted by atomic mass is 32.1. The van der Waals surface area contributed by atoms with Crippen molar-refractivity contribution in [1.82, 2.24) is 4.98 Å². The fourth-order valence-corrected chi connectivity index (χ4v) is 4.33. The van der Waals surface area contributed by atoms with Crippen molar-refractivity contribution >= 4 is 27.8 Å². The van der Waals surface area contributed by atoms with Crippen molar-refractivity contribution in [2.75, 3.05) is 11.4 Å². The molecule has 0 aromatic carbocycles. The second-order valence-corrected chi connectivity index (χ2v) is 6.79. The number of anilines is 1. The zero-order valence-electron chi connectivity index (χ0n) is 10.6. The molecule has 5 heteroatoms. The number of rotatable bonds is 2. The molecule has 96 valence electrons. The Hall–Kier alpha value is -0.910. The van der Waals surface area contributed by atoms with Gasteiger partial charge in [-0.1, -0.05) is 0 Å². The summed E-state index contributed by atoms with van der Waals surface area (Å²) in [6.07, 6.45) is 3.05. The number of hydrogen-bond donors (Lipinski definition) is 1. The largest absolute Gasteiger partial charge is 0.341 e. The topological polar surface area (TPSA) is 42.1 Å². The number of thiazole rings is 1. The van der Waals surface area contributed by atoms with E-state index in [0.29, 0.717) is 6.04 Å². The Bertz CT molecular complexity index is 544. The lowest BCUT2D eigenvalue weighted by Gasteiger charge is -2.33. The van der Waals surface area contributed by atoms with Crippen LogP contribution < -0.4 is 10.6 Å². The lowest BCUT2D eigenvalue weighted by atomic mass is 10.0. The molecule has 2 aromatic heterocycles. The summed E-state index contributed by atoms with van der Waals surface area (Å²) in [4.78, 5) is 9.62. The molecular formula is C13H17N3S2. The molecule has 0 bridgehead atoms. The highest BCUT2D eigenvalue weighted by molar-refractivity contribution is 7.15. The summed E-state index contributed by atoms with van der Waals surface area (Å²) in [7, 11) is 0. The van der Waals surface area contributed by atoms with Crippen LogP contribution in [0.15, 0.2) is 17.6 Å². The van der Waals surface area contributed by atoms with Crippen LogP contribution in [0.25, 0.3) is 0 Å². The third-order valence-electron chi connectivity index (χ3n) is 3.48. The van der Waals surface area contributed by atoms with E-state index < -0.39 is 0 Å². The first-order chi connectivity index (χ1) is 8.66. The highest BCUT2D eigenvalue weighted by Crippen LogP contribution is 2.38. The molecule has 0 fully saturated rings. The van der Waals surface area contributed by atoms with Crippen molar-refractivity contribution in [3.63, 3.8) is 0 Å². The average Bonchev–Trinajstić information content (AvgIpc) is 2.97. The first kappa shape index (κ1) is 12.1. The minimum Gasteiger partial charge on any atom is -0.341 e. The summed E-state index contributed by atoms with van der Waals surface area (Å²) in [5.41, 5.74) is 7.37. The number of nitrogens with zero attached hydrogens (tertiary/aromatic N) is 2. The minimum atomic E-state index is 0.0769. The molecule has 3 rings (SSSR count). The number of aromatic nitrogens is 1. The van der Waals surface area contributed by atoms with Crippen LogP contribution in [0.1, 0.15) is 41.2 Å². The molecule has 2 unspecified atom stereocenters. The molecule has 2 atom stereocenters. The van der Waals surface area contributed by atoms with Gasteiger partial charge in [0.1, 0.15) is 0 Å². The van der Waals surface area contributed by atoms with Gasteiger partial charge < -0.3 is 10.6 Å². The molecule has 3 heterocycles. The van der Waals surface area contributed by atoms with Crippen LogP contribution in [-0.4, -0.2) is 11.5 Å². The Morgan fingerprint density at radius 2 is 2.39 bits per heavy atom. The molecule has 0 saturated carbocycles. The Morgan fingerprint density at radius 1 is 1.56 bits per heavy atom. The number of thiophene rings is 1. The van der Waals surface area contributed by atoms with Gasteiger partial charge in [-0.2, -0.15) is 0 Å². The van der Waals surface area contributed by atoms with E-state index >= 15 is 0 Å². The quantitative estimate of drug-likeness (QED) is 0.916. The number of fused-ring (bicyclic) bond motifs is 1. The van der Waals surface area contributed by atoms with Crippen molar-refractivity contribution < 1.29 is 0 Å². The van der Waals surface area contributed by atoms with Crippen LogP contribution >= 0.6 is 22.7 Å². The summed E-state index contributed by atoms with van der Waals surface area (Å²) in [5.74, 6) is 0. The monoisotopic (exact) mass is 279 g/mol. The van der Waals surface area contributed by atoms with Gasteiger partial charge in [0.15, 0.2) is 5.13 Å². The maximum absolute atomic E-state index is 5.90. The van der Waals surface area contributed by atoms with Gasteiger partial charge in [0.2, 0.25) is 0 Å². The zero-order valence-corrected chi connectivity index (χ0v) is 12.2. The fourth-order valence-electron chi connectivity index (χ4n) is 2.39. The van der Waals surface area contributed by atoms with E-state index in [9.17, 15) is 0 Å². The zero-order chi connectivity index (χ0) is 12.7. The third kappa shape index (κ3) is 1.96. The molecule has 0 spiro atoms. The van der Waals surface area contributed by atoms with Crippen LogP contribution in [0.4, 0.5) is 5.13 Å². The van der Waals surface area contributed by atoms with Crippen LogP contribution in [0, 0.1) is 0 Å². The molecule has 0 saturated heterocycles. The van der Waals surface area contributed by atoms with E-state index in [1.54, 1.807) is 11.3 Å². The molecule has 0 amide bonds. The van der Waals surface area contributed by atoms with Gasteiger partial charge in [-0.15, -0.1) is 22.7 Å². The Balaban J connectivity index is 1.89. The lowest BCUT2D eigenvalue weighted by molar-refractivity contribution is 0.631. The second kappa shape index (κ2) is 4.64. The van der Waals surface area contributed by atoms with Gasteiger partial charge in [0.25, 0.3) is 0 Å². The van der Waals surface area contributed by atoms with Crippen LogP contribution in [0.2, 0.25) is 0 Å². The molecule has 2 N–H and O–H groups in total. The molecule has 2 aromatic rings. The Kier molecular flexibility index (Phi) is 3.13. The van der Waals surface area contributed by atoms with Gasteiger partial charge in [-0.3, -0.25) is 0 Å². The van der Waals surface area contributed by atoms with E-state index in [-0.39, 0.29) is 6.04 Å². The van der Waals surface area contributed by atoms with Gasteiger partial charge in [-0.25, -0.2) is 4.98 Å². The van der Waals surface area contributed by atoms with Gasteiger partial charge >= 0.3 is 0 Å². The van der Waals surface area contributed by atoms with Crippen molar-refractivity contribution in [2.24, 2.45) is 5.73 Å². The van der Waals surface area contributed by atoms with E-state index in [2.05, 4.69) is 28.3 Å². The first-order valence-electron chi connectivity index (χ1n) is 6.21. The van der Waals surface area contributed by atoms with Crippen molar-refractivity contribution in [3.8, 4) is 0 Å². The predicted octanol–water partition coefficient (Wildman–Crippen LogP) is 3.35.